The van der Waals surface area contributed by atoms with Gasteiger partial charge in [0.05, 0.1) is 34.4 Å². The summed E-state index contributed by atoms with van der Waals surface area (Å²) in [6.45, 7) is 4.76. The molecule has 0 saturated carbocycles. The number of rotatable bonds is 47. The summed E-state index contributed by atoms with van der Waals surface area (Å²) >= 11 is 0. The van der Waals surface area contributed by atoms with Crippen molar-refractivity contribution in [2.24, 2.45) is 0 Å². The molecule has 0 fully saturated rings. The molecule has 0 aromatic carbocycles. The molecule has 0 spiro atoms. The van der Waals surface area contributed by atoms with Gasteiger partial charge in [-0.1, -0.05) is 212 Å². The first kappa shape index (κ1) is 58.8. The van der Waals surface area contributed by atoms with Crippen LogP contribution in [0.2, 0.25) is 0 Å². The zero-order valence-corrected chi connectivity index (χ0v) is 40.9. The minimum atomic E-state index is -0.872. The molecule has 0 rings (SSSR count). The molecule has 2 unspecified atom stereocenters. The maximum atomic E-state index is 12.8. The average Bonchev–Trinajstić information content (AvgIpc) is 3.22. The van der Waals surface area contributed by atoms with E-state index in [1.54, 1.807) is 0 Å². The van der Waals surface area contributed by atoms with Crippen molar-refractivity contribution in [3.63, 3.8) is 0 Å². The normalized spacial score (nSPS) is 13.0. The van der Waals surface area contributed by atoms with Gasteiger partial charge in [-0.2, -0.15) is 0 Å². The SMILES string of the molecule is CCCCCC/C=C/C=C/CCCCCCCCCCCCC(=O)OC(COCCC(C(=O)O)[N+](C)(C)C)COC(=O)CCCCCCCCCCCCCCCCCCC. The van der Waals surface area contributed by atoms with Gasteiger partial charge in [0.25, 0.3) is 0 Å². The highest BCUT2D eigenvalue weighted by atomic mass is 16.6. The predicted octanol–water partition coefficient (Wildman–Crippen LogP) is 14.8. The van der Waals surface area contributed by atoms with Crippen molar-refractivity contribution in [1.82, 2.24) is 0 Å². The average molecular weight is 863 g/mol. The number of carboxylic acid groups (broad SMARTS) is 1. The van der Waals surface area contributed by atoms with Crippen LogP contribution in [0.5, 0.6) is 0 Å². The Balaban J connectivity index is 4.22. The van der Waals surface area contributed by atoms with Crippen LogP contribution >= 0.6 is 0 Å². The molecule has 8 heteroatoms. The highest BCUT2D eigenvalue weighted by molar-refractivity contribution is 5.72. The molecule has 61 heavy (non-hydrogen) atoms. The predicted molar refractivity (Wildman–Crippen MR) is 257 cm³/mol. The van der Waals surface area contributed by atoms with Gasteiger partial charge < -0.3 is 23.8 Å². The highest BCUT2D eigenvalue weighted by Crippen LogP contribution is 2.16. The summed E-state index contributed by atoms with van der Waals surface area (Å²) in [6, 6.07) is -0.613. The Kier molecular flexibility index (Phi) is 42.8. The van der Waals surface area contributed by atoms with E-state index in [4.69, 9.17) is 14.2 Å². The summed E-state index contributed by atoms with van der Waals surface area (Å²) in [4.78, 5) is 37.2. The number of hydrogen-bond acceptors (Lipinski definition) is 6. The van der Waals surface area contributed by atoms with E-state index in [0.29, 0.717) is 19.3 Å². The molecule has 0 aromatic rings. The van der Waals surface area contributed by atoms with Gasteiger partial charge in [0.1, 0.15) is 6.61 Å². The lowest BCUT2D eigenvalue weighted by atomic mass is 10.0. The highest BCUT2D eigenvalue weighted by Gasteiger charge is 2.31. The van der Waals surface area contributed by atoms with Crippen molar-refractivity contribution in [2.75, 3.05) is 41.0 Å². The fourth-order valence-electron chi connectivity index (χ4n) is 7.85. The van der Waals surface area contributed by atoms with Crippen LogP contribution < -0.4 is 0 Å². The second-order valence-electron chi connectivity index (χ2n) is 18.8. The van der Waals surface area contributed by atoms with Crippen LogP contribution in [0.1, 0.15) is 245 Å². The Morgan fingerprint density at radius 2 is 0.852 bits per heavy atom. The van der Waals surface area contributed by atoms with Crippen molar-refractivity contribution < 1.29 is 38.2 Å². The number of ether oxygens (including phenoxy) is 3. The summed E-state index contributed by atoms with van der Waals surface area (Å²) < 4.78 is 17.4. The molecule has 0 heterocycles. The Morgan fingerprint density at radius 3 is 1.25 bits per heavy atom. The van der Waals surface area contributed by atoms with Crippen LogP contribution in [0.25, 0.3) is 0 Å². The Labute approximate surface area is 377 Å². The van der Waals surface area contributed by atoms with Crippen LogP contribution in [-0.2, 0) is 28.6 Å². The molecule has 0 saturated heterocycles. The minimum absolute atomic E-state index is 0.0471. The number of aliphatic carboxylic acids is 1. The van der Waals surface area contributed by atoms with Gasteiger partial charge in [0.15, 0.2) is 12.1 Å². The van der Waals surface area contributed by atoms with Gasteiger partial charge in [0, 0.05) is 19.3 Å². The number of allylic oxidation sites excluding steroid dienone is 4. The number of carbonyl (C=O) groups excluding carboxylic acids is 2. The third kappa shape index (κ3) is 42.9. The zero-order valence-electron chi connectivity index (χ0n) is 40.9. The fourth-order valence-corrected chi connectivity index (χ4v) is 7.85. The first-order valence-electron chi connectivity index (χ1n) is 25.9. The first-order chi connectivity index (χ1) is 29.6. The Hall–Kier alpha value is -2.19. The van der Waals surface area contributed by atoms with E-state index in [9.17, 15) is 19.5 Å². The number of hydrogen-bond donors (Lipinski definition) is 1. The quantitative estimate of drug-likeness (QED) is 0.0281. The van der Waals surface area contributed by atoms with E-state index >= 15 is 0 Å². The topological polar surface area (TPSA) is 99.1 Å². The van der Waals surface area contributed by atoms with Crippen molar-refractivity contribution in [2.45, 2.75) is 257 Å². The molecule has 0 aliphatic heterocycles. The maximum absolute atomic E-state index is 12.8. The molecule has 0 bridgehead atoms. The van der Waals surface area contributed by atoms with Crippen LogP contribution in [0.15, 0.2) is 24.3 Å². The van der Waals surface area contributed by atoms with Gasteiger partial charge in [-0.15, -0.1) is 0 Å². The number of likely N-dealkylation sites (N-methyl/N-ethyl adjacent to an activating group) is 1. The molecule has 0 aliphatic carbocycles. The van der Waals surface area contributed by atoms with Crippen LogP contribution in [0, 0.1) is 0 Å². The molecule has 2 atom stereocenters. The van der Waals surface area contributed by atoms with Gasteiger partial charge in [-0.3, -0.25) is 9.59 Å². The maximum Gasteiger partial charge on any atom is 0.362 e. The Bertz CT molecular complexity index is 1050. The van der Waals surface area contributed by atoms with Crippen molar-refractivity contribution in [3.8, 4) is 0 Å². The van der Waals surface area contributed by atoms with Gasteiger partial charge in [-0.05, 0) is 38.5 Å². The molecule has 0 radical (unpaired) electrons. The third-order valence-electron chi connectivity index (χ3n) is 11.9. The van der Waals surface area contributed by atoms with Crippen molar-refractivity contribution in [3.05, 3.63) is 24.3 Å². The number of nitrogens with zero attached hydrogens (tertiary/aromatic N) is 1. The molecular formula is C53H100NO7+. The summed E-state index contributed by atoms with van der Waals surface area (Å²) in [7, 11) is 5.54. The van der Waals surface area contributed by atoms with E-state index in [2.05, 4.69) is 38.2 Å². The Morgan fingerprint density at radius 1 is 0.492 bits per heavy atom. The monoisotopic (exact) mass is 863 g/mol. The smallest absolute Gasteiger partial charge is 0.362 e. The zero-order chi connectivity index (χ0) is 44.9. The van der Waals surface area contributed by atoms with Crippen LogP contribution in [-0.4, -0.2) is 80.6 Å². The number of carboxylic acids is 1. The number of carbonyl (C=O) groups is 3. The number of unbranched alkanes of at least 4 members (excludes halogenated alkanes) is 30. The fraction of sp³-hybridized carbons (Fsp3) is 0.868. The van der Waals surface area contributed by atoms with E-state index < -0.39 is 18.1 Å². The first-order valence-corrected chi connectivity index (χ1v) is 25.9. The number of quaternary nitrogens is 1. The second kappa shape index (κ2) is 44.4. The molecule has 0 amide bonds. The summed E-state index contributed by atoms with van der Waals surface area (Å²) in [5.74, 6) is -1.45. The number of esters is 2. The molecule has 1 N–H and O–H groups in total. The minimum Gasteiger partial charge on any atom is -0.477 e. The second-order valence-corrected chi connectivity index (χ2v) is 18.8. The van der Waals surface area contributed by atoms with Gasteiger partial charge in [0.2, 0.25) is 0 Å². The van der Waals surface area contributed by atoms with Crippen molar-refractivity contribution >= 4 is 17.9 Å². The van der Waals surface area contributed by atoms with Crippen LogP contribution in [0.3, 0.4) is 0 Å². The van der Waals surface area contributed by atoms with Crippen molar-refractivity contribution in [1.29, 1.82) is 0 Å². The molecule has 8 nitrogen and oxygen atoms in total. The van der Waals surface area contributed by atoms with E-state index in [1.165, 1.54) is 173 Å². The summed E-state index contributed by atoms with van der Waals surface area (Å²) in [5.41, 5.74) is 0. The van der Waals surface area contributed by atoms with Crippen LogP contribution in [0.4, 0.5) is 0 Å². The lowest BCUT2D eigenvalue weighted by Gasteiger charge is -2.31. The van der Waals surface area contributed by atoms with E-state index in [1.807, 2.05) is 21.1 Å². The molecule has 0 aliphatic rings. The van der Waals surface area contributed by atoms with E-state index in [-0.39, 0.29) is 36.2 Å². The largest absolute Gasteiger partial charge is 0.477 e. The lowest BCUT2D eigenvalue weighted by Crippen LogP contribution is -2.50. The lowest BCUT2D eigenvalue weighted by molar-refractivity contribution is -0.887. The van der Waals surface area contributed by atoms with E-state index in [0.717, 1.165) is 38.5 Å². The summed E-state index contributed by atoms with van der Waals surface area (Å²) in [5, 5.41) is 9.65. The standard InChI is InChI=1S/C53H99NO7/c1-6-8-10-12-14-16-18-20-22-24-25-26-28-30-32-34-36-38-40-42-44-52(56)61-49(47-59-46-45-50(53(57)58)54(3,4)5)48-60-51(55)43-41-39-37-35-33-31-29-27-23-21-19-17-15-13-11-9-7-2/h16,18,20,22,49-50H,6-15,17,19,21,23-48H2,1-5H3/p+1/b18-16+,22-20+. The third-order valence-corrected chi connectivity index (χ3v) is 11.9. The molecule has 358 valence electrons. The molecule has 0 aromatic heterocycles. The molecular weight excluding hydrogens is 763 g/mol. The summed E-state index contributed by atoms with van der Waals surface area (Å²) in [6.07, 6.45) is 50.8. The van der Waals surface area contributed by atoms with Gasteiger partial charge in [-0.25, -0.2) is 4.79 Å². The van der Waals surface area contributed by atoms with Gasteiger partial charge >= 0.3 is 17.9 Å².